The number of cyclic esters (lactones) is 1. The fraction of sp³-hybridized carbons (Fsp3) is 0.632. The first-order valence-electron chi connectivity index (χ1n) is 9.01. The summed E-state index contributed by atoms with van der Waals surface area (Å²) in [5, 5.41) is 0. The largest absolute Gasteiger partial charge is 0.462 e. The second-order valence-corrected chi connectivity index (χ2v) is 7.78. The number of esters is 1. The van der Waals surface area contributed by atoms with Gasteiger partial charge in [-0.05, 0) is 51.0 Å². The van der Waals surface area contributed by atoms with Crippen molar-refractivity contribution in [2.75, 3.05) is 37.6 Å². The Morgan fingerprint density at radius 3 is 2.23 bits per heavy atom. The van der Waals surface area contributed by atoms with E-state index in [1.165, 1.54) is 0 Å². The van der Waals surface area contributed by atoms with Crippen LogP contribution in [0.4, 0.5) is 18.9 Å². The minimum Gasteiger partial charge on any atom is -0.462 e. The van der Waals surface area contributed by atoms with Crippen molar-refractivity contribution >= 4 is 11.7 Å². The van der Waals surface area contributed by atoms with Crippen molar-refractivity contribution in [3.05, 3.63) is 29.8 Å². The normalized spacial score (nSPS) is 24.0. The number of benzene rings is 1. The summed E-state index contributed by atoms with van der Waals surface area (Å²) < 4.78 is 43.4. The number of piperazine rings is 1. The van der Waals surface area contributed by atoms with Crippen molar-refractivity contribution in [2.45, 2.75) is 39.0 Å². The highest BCUT2D eigenvalue weighted by molar-refractivity contribution is 5.78. The molecule has 1 aromatic carbocycles. The number of alkyl halides is 3. The van der Waals surface area contributed by atoms with Crippen LogP contribution in [0.1, 0.15) is 32.3 Å². The molecule has 0 spiro atoms. The van der Waals surface area contributed by atoms with Crippen LogP contribution in [0.5, 0.6) is 0 Å². The van der Waals surface area contributed by atoms with Gasteiger partial charge in [-0.3, -0.25) is 9.69 Å². The predicted molar refractivity (Wildman–Crippen MR) is 93.0 cm³/mol. The van der Waals surface area contributed by atoms with E-state index in [1.54, 1.807) is 12.1 Å². The van der Waals surface area contributed by atoms with Crippen LogP contribution >= 0.6 is 0 Å². The molecule has 3 rings (SSSR count). The SMILES string of the molecule is CC1(C)C[C@H](CCN2CCN(c3ccc(C(F)(F)F)cc3)CC2)OC1=O. The van der Waals surface area contributed by atoms with Crippen LogP contribution < -0.4 is 4.90 Å². The lowest BCUT2D eigenvalue weighted by Crippen LogP contribution is -2.47. The molecular weight excluding hydrogens is 345 g/mol. The summed E-state index contributed by atoms with van der Waals surface area (Å²) in [6.07, 6.45) is -2.71. The van der Waals surface area contributed by atoms with Crippen LogP contribution in [0.15, 0.2) is 24.3 Å². The fourth-order valence-corrected chi connectivity index (χ4v) is 3.58. The summed E-state index contributed by atoms with van der Waals surface area (Å²) in [5.74, 6) is -0.116. The zero-order chi connectivity index (χ0) is 18.9. The molecule has 0 aliphatic carbocycles. The Bertz CT molecular complexity index is 635. The third kappa shape index (κ3) is 4.31. The maximum absolute atomic E-state index is 12.6. The van der Waals surface area contributed by atoms with Crippen molar-refractivity contribution in [2.24, 2.45) is 5.41 Å². The van der Waals surface area contributed by atoms with E-state index in [9.17, 15) is 18.0 Å². The Morgan fingerprint density at radius 1 is 1.12 bits per heavy atom. The molecule has 0 amide bonds. The first-order chi connectivity index (χ1) is 12.1. The Kier molecular flexibility index (Phi) is 5.19. The molecular formula is C19H25F3N2O2. The molecule has 2 aliphatic heterocycles. The second-order valence-electron chi connectivity index (χ2n) is 7.78. The van der Waals surface area contributed by atoms with Crippen LogP contribution in [0.3, 0.4) is 0 Å². The fourth-order valence-electron chi connectivity index (χ4n) is 3.58. The first-order valence-corrected chi connectivity index (χ1v) is 9.01. The van der Waals surface area contributed by atoms with Crippen LogP contribution in [0.2, 0.25) is 0 Å². The van der Waals surface area contributed by atoms with E-state index >= 15 is 0 Å². The van der Waals surface area contributed by atoms with E-state index in [2.05, 4.69) is 9.80 Å². The summed E-state index contributed by atoms with van der Waals surface area (Å²) >= 11 is 0. The molecule has 7 heteroatoms. The molecule has 0 unspecified atom stereocenters. The van der Waals surface area contributed by atoms with E-state index in [-0.39, 0.29) is 17.5 Å². The second kappa shape index (κ2) is 7.10. The maximum Gasteiger partial charge on any atom is 0.416 e. The zero-order valence-electron chi connectivity index (χ0n) is 15.2. The van der Waals surface area contributed by atoms with Gasteiger partial charge < -0.3 is 9.64 Å². The Balaban J connectivity index is 1.45. The number of ether oxygens (including phenoxy) is 1. The highest BCUT2D eigenvalue weighted by Crippen LogP contribution is 2.34. The molecule has 0 saturated carbocycles. The third-order valence-electron chi connectivity index (χ3n) is 5.26. The zero-order valence-corrected chi connectivity index (χ0v) is 15.2. The van der Waals surface area contributed by atoms with E-state index in [0.29, 0.717) is 0 Å². The molecule has 1 atom stereocenters. The van der Waals surface area contributed by atoms with Crippen molar-refractivity contribution in [3.63, 3.8) is 0 Å². The number of carbonyl (C=O) groups excluding carboxylic acids is 1. The topological polar surface area (TPSA) is 32.8 Å². The highest BCUT2D eigenvalue weighted by Gasteiger charge is 2.41. The quantitative estimate of drug-likeness (QED) is 0.759. The molecule has 2 heterocycles. The van der Waals surface area contributed by atoms with Gasteiger partial charge in [-0.1, -0.05) is 0 Å². The molecule has 0 bridgehead atoms. The highest BCUT2D eigenvalue weighted by atomic mass is 19.4. The van der Waals surface area contributed by atoms with Gasteiger partial charge in [-0.15, -0.1) is 0 Å². The number of nitrogens with zero attached hydrogens (tertiary/aromatic N) is 2. The van der Waals surface area contributed by atoms with Gasteiger partial charge in [0.15, 0.2) is 0 Å². The van der Waals surface area contributed by atoms with Crippen LogP contribution in [0, 0.1) is 5.41 Å². The summed E-state index contributed by atoms with van der Waals surface area (Å²) in [5.41, 5.74) is -0.176. The van der Waals surface area contributed by atoms with Crippen molar-refractivity contribution in [1.29, 1.82) is 0 Å². The predicted octanol–water partition coefficient (Wildman–Crippen LogP) is 3.56. The Hall–Kier alpha value is -1.76. The Morgan fingerprint density at radius 2 is 1.73 bits per heavy atom. The average Bonchev–Trinajstić information content (AvgIpc) is 2.85. The van der Waals surface area contributed by atoms with Crippen molar-refractivity contribution < 1.29 is 22.7 Å². The van der Waals surface area contributed by atoms with Gasteiger partial charge in [0.25, 0.3) is 0 Å². The molecule has 26 heavy (non-hydrogen) atoms. The Labute approximate surface area is 151 Å². The van der Waals surface area contributed by atoms with Crippen LogP contribution in [-0.2, 0) is 15.7 Å². The van der Waals surface area contributed by atoms with Gasteiger partial charge in [-0.25, -0.2) is 0 Å². The standard InChI is InChI=1S/C19H25F3N2O2/c1-18(2)13-16(26-17(18)25)7-8-23-9-11-24(12-10-23)15-5-3-14(4-6-15)19(20,21)22/h3-6,16H,7-13H2,1-2H3/t16-/m0/s1. The summed E-state index contributed by atoms with van der Waals surface area (Å²) in [4.78, 5) is 16.2. The number of rotatable bonds is 4. The lowest BCUT2D eigenvalue weighted by atomic mass is 9.89. The van der Waals surface area contributed by atoms with E-state index in [1.807, 2.05) is 13.8 Å². The van der Waals surface area contributed by atoms with Gasteiger partial charge in [0.05, 0.1) is 11.0 Å². The smallest absolute Gasteiger partial charge is 0.416 e. The minimum absolute atomic E-state index is 0.00885. The first kappa shape index (κ1) is 19.0. The van der Waals surface area contributed by atoms with Gasteiger partial charge >= 0.3 is 12.1 Å². The molecule has 1 aromatic rings. The van der Waals surface area contributed by atoms with E-state index < -0.39 is 11.7 Å². The number of carbonyl (C=O) groups is 1. The minimum atomic E-state index is -4.30. The maximum atomic E-state index is 12.6. The van der Waals surface area contributed by atoms with E-state index in [4.69, 9.17) is 4.74 Å². The van der Waals surface area contributed by atoms with Crippen LogP contribution in [-0.4, -0.2) is 49.7 Å². The molecule has 144 valence electrons. The lowest BCUT2D eigenvalue weighted by Gasteiger charge is -2.36. The number of anilines is 1. The number of hydrogen-bond acceptors (Lipinski definition) is 4. The van der Waals surface area contributed by atoms with Gasteiger partial charge in [-0.2, -0.15) is 13.2 Å². The van der Waals surface area contributed by atoms with E-state index in [0.717, 1.165) is 63.4 Å². The molecule has 2 aliphatic rings. The summed E-state index contributed by atoms with van der Waals surface area (Å²) in [6.45, 7) is 7.96. The lowest BCUT2D eigenvalue weighted by molar-refractivity contribution is -0.147. The van der Waals surface area contributed by atoms with Gasteiger partial charge in [0.1, 0.15) is 6.10 Å². The van der Waals surface area contributed by atoms with Crippen LogP contribution in [0.25, 0.3) is 0 Å². The number of hydrogen-bond donors (Lipinski definition) is 0. The van der Waals surface area contributed by atoms with Crippen molar-refractivity contribution in [3.8, 4) is 0 Å². The molecule has 0 aromatic heterocycles. The third-order valence-corrected chi connectivity index (χ3v) is 5.26. The van der Waals surface area contributed by atoms with Gasteiger partial charge in [0, 0.05) is 38.4 Å². The number of halogens is 3. The average molecular weight is 370 g/mol. The summed E-state index contributed by atoms with van der Waals surface area (Å²) in [6, 6.07) is 5.35. The monoisotopic (exact) mass is 370 g/mol. The molecule has 0 N–H and O–H groups in total. The summed E-state index contributed by atoms with van der Waals surface area (Å²) in [7, 11) is 0. The van der Waals surface area contributed by atoms with Gasteiger partial charge in [0.2, 0.25) is 0 Å². The molecule has 2 saturated heterocycles. The molecule has 2 fully saturated rings. The molecule has 0 radical (unpaired) electrons. The molecule has 4 nitrogen and oxygen atoms in total. The van der Waals surface area contributed by atoms with Crippen molar-refractivity contribution in [1.82, 2.24) is 4.90 Å².